The summed E-state index contributed by atoms with van der Waals surface area (Å²) in [5, 5.41) is 6.31. The zero-order valence-corrected chi connectivity index (χ0v) is 15.6. The molecule has 0 bridgehead atoms. The number of rotatable bonds is 8. The van der Waals surface area contributed by atoms with Gasteiger partial charge < -0.3 is 15.4 Å². The van der Waals surface area contributed by atoms with Gasteiger partial charge in [-0.15, -0.1) is 24.0 Å². The van der Waals surface area contributed by atoms with Crippen molar-refractivity contribution in [1.29, 1.82) is 0 Å². The van der Waals surface area contributed by atoms with Crippen molar-refractivity contribution in [1.82, 2.24) is 10.6 Å². The first kappa shape index (κ1) is 20.3. The van der Waals surface area contributed by atoms with Gasteiger partial charge in [-0.05, 0) is 19.1 Å². The predicted molar refractivity (Wildman–Crippen MR) is 99.0 cm³/mol. The predicted octanol–water partition coefficient (Wildman–Crippen LogP) is 1.61. The first-order chi connectivity index (χ1) is 9.77. The molecule has 0 spiro atoms. The van der Waals surface area contributed by atoms with E-state index in [0.29, 0.717) is 25.4 Å². The summed E-state index contributed by atoms with van der Waals surface area (Å²) in [7, 11) is 0.671. The molecule has 0 saturated heterocycles. The van der Waals surface area contributed by atoms with Crippen molar-refractivity contribution in [3.8, 4) is 0 Å². The molecule has 21 heavy (non-hydrogen) atoms. The van der Waals surface area contributed by atoms with E-state index in [4.69, 9.17) is 4.74 Å². The second-order valence-electron chi connectivity index (χ2n) is 4.04. The lowest BCUT2D eigenvalue weighted by molar-refractivity contribution is 0.208. The van der Waals surface area contributed by atoms with Gasteiger partial charge in [-0.3, -0.25) is 9.20 Å². The smallest absolute Gasteiger partial charge is 0.191 e. The zero-order valence-electron chi connectivity index (χ0n) is 12.5. The summed E-state index contributed by atoms with van der Waals surface area (Å²) in [5.41, 5.74) is 0. The highest BCUT2D eigenvalue weighted by atomic mass is 127. The van der Waals surface area contributed by atoms with Crippen LogP contribution in [0, 0.1) is 0 Å². The molecule has 1 rings (SSSR count). The van der Waals surface area contributed by atoms with Gasteiger partial charge in [-0.2, -0.15) is 0 Å². The van der Waals surface area contributed by atoms with E-state index in [1.54, 1.807) is 7.11 Å². The molecule has 2 N–H and O–H groups in total. The second kappa shape index (κ2) is 13.0. The molecule has 0 heterocycles. The Bertz CT molecular complexity index is 429. The molecule has 1 aromatic rings. The Morgan fingerprint density at radius 3 is 2.62 bits per heavy atom. The Morgan fingerprint density at radius 2 is 2.00 bits per heavy atom. The molecule has 0 amide bonds. The second-order valence-corrected chi connectivity index (χ2v) is 5.61. The number of ether oxygens (including phenoxy) is 1. The molecule has 0 aliphatic rings. The highest BCUT2D eigenvalue weighted by Gasteiger charge is 2.03. The number of nitrogens with zero attached hydrogens (tertiary/aromatic N) is 1. The van der Waals surface area contributed by atoms with Gasteiger partial charge in [-0.1, -0.05) is 18.2 Å². The zero-order chi connectivity index (χ0) is 14.6. The van der Waals surface area contributed by atoms with E-state index >= 15 is 0 Å². The van der Waals surface area contributed by atoms with Crippen molar-refractivity contribution < 1.29 is 8.95 Å². The Hall–Kier alpha value is -0.670. The number of halogens is 1. The van der Waals surface area contributed by atoms with Crippen molar-refractivity contribution in [3.63, 3.8) is 0 Å². The van der Waals surface area contributed by atoms with Gasteiger partial charge in [0.2, 0.25) is 0 Å². The summed E-state index contributed by atoms with van der Waals surface area (Å²) in [6, 6.07) is 9.49. The van der Waals surface area contributed by atoms with Crippen LogP contribution in [0.4, 0.5) is 0 Å². The summed E-state index contributed by atoms with van der Waals surface area (Å²) in [6.45, 7) is 4.61. The fourth-order valence-electron chi connectivity index (χ4n) is 1.54. The molecule has 0 saturated carbocycles. The van der Waals surface area contributed by atoms with Crippen molar-refractivity contribution in [2.75, 3.05) is 39.1 Å². The number of nitrogens with one attached hydrogen (secondary N) is 2. The third kappa shape index (κ3) is 9.05. The lowest BCUT2D eigenvalue weighted by atomic mass is 10.4. The average Bonchev–Trinajstić information content (AvgIpc) is 2.48. The van der Waals surface area contributed by atoms with Crippen LogP contribution in [-0.4, -0.2) is 49.3 Å². The number of methoxy groups -OCH3 is 1. The van der Waals surface area contributed by atoms with E-state index in [9.17, 15) is 4.21 Å². The maximum absolute atomic E-state index is 12.0. The fourth-order valence-corrected chi connectivity index (χ4v) is 2.53. The van der Waals surface area contributed by atoms with E-state index in [-0.39, 0.29) is 24.0 Å². The Balaban J connectivity index is 0.00000400. The number of aliphatic imine (C=N–C) groups is 1. The maximum atomic E-state index is 12.0. The monoisotopic (exact) mass is 425 g/mol. The average molecular weight is 425 g/mol. The fraction of sp³-hybridized carbons (Fsp3) is 0.500. The molecule has 120 valence electrons. The van der Waals surface area contributed by atoms with Crippen LogP contribution >= 0.6 is 24.0 Å². The maximum Gasteiger partial charge on any atom is 0.191 e. The molecule has 0 aliphatic carbocycles. The van der Waals surface area contributed by atoms with E-state index in [0.717, 1.165) is 17.4 Å². The van der Waals surface area contributed by atoms with E-state index in [1.165, 1.54) is 0 Å². The number of guanidine groups is 1. The van der Waals surface area contributed by atoms with Crippen LogP contribution in [0.25, 0.3) is 0 Å². The van der Waals surface area contributed by atoms with Crippen molar-refractivity contribution in [2.45, 2.75) is 11.8 Å². The number of benzene rings is 1. The Labute approximate surface area is 146 Å². The third-order valence-corrected chi connectivity index (χ3v) is 3.87. The molecular weight excluding hydrogens is 401 g/mol. The summed E-state index contributed by atoms with van der Waals surface area (Å²) < 4.78 is 17.0. The van der Waals surface area contributed by atoms with Crippen LogP contribution in [0.5, 0.6) is 0 Å². The molecule has 0 radical (unpaired) electrons. The summed E-state index contributed by atoms with van der Waals surface area (Å²) >= 11 is 0. The van der Waals surface area contributed by atoms with Crippen LogP contribution in [0.1, 0.15) is 6.92 Å². The van der Waals surface area contributed by atoms with Gasteiger partial charge in [0.1, 0.15) is 0 Å². The summed E-state index contributed by atoms with van der Waals surface area (Å²) in [4.78, 5) is 5.20. The van der Waals surface area contributed by atoms with E-state index in [2.05, 4.69) is 15.6 Å². The molecule has 0 fully saturated rings. The van der Waals surface area contributed by atoms with Gasteiger partial charge in [0.25, 0.3) is 0 Å². The third-order valence-electron chi connectivity index (χ3n) is 2.50. The lowest BCUT2D eigenvalue weighted by Crippen LogP contribution is -2.39. The molecule has 1 aromatic carbocycles. The molecule has 7 heteroatoms. The standard InChI is InChI=1S/C14H23N3O2S.HI/c1-3-15-14(16-9-11-19-2)17-10-12-20(18)13-7-5-4-6-8-13;/h4-8H,3,9-12H2,1-2H3,(H2,15,16,17);1H. The molecule has 0 aliphatic heterocycles. The van der Waals surface area contributed by atoms with E-state index in [1.807, 2.05) is 37.3 Å². The van der Waals surface area contributed by atoms with Gasteiger partial charge >= 0.3 is 0 Å². The van der Waals surface area contributed by atoms with Gasteiger partial charge in [0.15, 0.2) is 5.96 Å². The topological polar surface area (TPSA) is 62.7 Å². The molecule has 1 atom stereocenters. The largest absolute Gasteiger partial charge is 0.383 e. The Morgan fingerprint density at radius 1 is 1.29 bits per heavy atom. The first-order valence-corrected chi connectivity index (χ1v) is 8.04. The summed E-state index contributed by atoms with van der Waals surface area (Å²) in [6.07, 6.45) is 0. The van der Waals surface area contributed by atoms with E-state index < -0.39 is 10.8 Å². The molecular formula is C14H24IN3O2S. The molecule has 0 aromatic heterocycles. The van der Waals surface area contributed by atoms with Crippen molar-refractivity contribution in [2.24, 2.45) is 4.99 Å². The molecule has 1 unspecified atom stereocenters. The number of hydrogen-bond donors (Lipinski definition) is 2. The van der Waals surface area contributed by atoms with Crippen LogP contribution in [0.2, 0.25) is 0 Å². The minimum Gasteiger partial charge on any atom is -0.383 e. The lowest BCUT2D eigenvalue weighted by Gasteiger charge is -2.11. The highest BCUT2D eigenvalue weighted by Crippen LogP contribution is 2.04. The van der Waals surface area contributed by atoms with Gasteiger partial charge in [0.05, 0.1) is 24.0 Å². The van der Waals surface area contributed by atoms with Crippen LogP contribution < -0.4 is 10.6 Å². The van der Waals surface area contributed by atoms with Gasteiger partial charge in [-0.25, -0.2) is 0 Å². The molecule has 5 nitrogen and oxygen atoms in total. The minimum atomic E-state index is -0.981. The Kier molecular flexibility index (Phi) is 12.6. The normalized spacial score (nSPS) is 12.4. The highest BCUT2D eigenvalue weighted by molar-refractivity contribution is 14.0. The van der Waals surface area contributed by atoms with Crippen molar-refractivity contribution in [3.05, 3.63) is 30.3 Å². The van der Waals surface area contributed by atoms with Crippen LogP contribution in [0.15, 0.2) is 40.2 Å². The SMILES string of the molecule is CCNC(=NCCOC)NCCS(=O)c1ccccc1.I. The van der Waals surface area contributed by atoms with Crippen molar-refractivity contribution >= 4 is 40.7 Å². The summed E-state index contributed by atoms with van der Waals surface area (Å²) in [5.74, 6) is 1.29. The van der Waals surface area contributed by atoms with Crippen LogP contribution in [0.3, 0.4) is 0 Å². The van der Waals surface area contributed by atoms with Gasteiger partial charge in [0, 0.05) is 30.8 Å². The minimum absolute atomic E-state index is 0. The van der Waals surface area contributed by atoms with Crippen LogP contribution in [-0.2, 0) is 15.5 Å². The quantitative estimate of drug-likeness (QED) is 0.288. The first-order valence-electron chi connectivity index (χ1n) is 6.72. The number of hydrogen-bond acceptors (Lipinski definition) is 3.